The molecule has 0 spiro atoms. The van der Waals surface area contributed by atoms with E-state index in [1.54, 1.807) is 8.99 Å². The number of hydrogen-bond acceptors (Lipinski definition) is 4. The molecular formula is C17H31N5O3S. The molecular weight excluding hydrogens is 354 g/mol. The predicted molar refractivity (Wildman–Crippen MR) is 103 cm³/mol. The summed E-state index contributed by atoms with van der Waals surface area (Å²) in [6.45, 7) is 5.10. The van der Waals surface area contributed by atoms with Crippen molar-refractivity contribution in [3.8, 4) is 0 Å². The summed E-state index contributed by atoms with van der Waals surface area (Å²) >= 11 is 0. The second-order valence-corrected chi connectivity index (χ2v) is 8.73. The Hall–Kier alpha value is -1.61. The molecule has 0 radical (unpaired) electrons. The van der Waals surface area contributed by atoms with Gasteiger partial charge in [-0.15, -0.1) is 0 Å². The molecule has 8 nitrogen and oxygen atoms in total. The quantitative estimate of drug-likeness (QED) is 0.749. The van der Waals surface area contributed by atoms with Crippen LogP contribution in [0.3, 0.4) is 0 Å². The molecule has 0 bridgehead atoms. The van der Waals surface area contributed by atoms with Gasteiger partial charge in [0.1, 0.15) is 5.82 Å². The van der Waals surface area contributed by atoms with E-state index >= 15 is 0 Å². The Morgan fingerprint density at radius 3 is 2.62 bits per heavy atom. The van der Waals surface area contributed by atoms with E-state index in [9.17, 15) is 13.2 Å². The number of piperidine rings is 1. The SMILES string of the molecule is CCc1nn(C)c(NC(=O)NCCC2CCCCN2S(C)(=O)=O)c1CC. The highest BCUT2D eigenvalue weighted by Gasteiger charge is 2.29. The van der Waals surface area contributed by atoms with Crippen LogP contribution < -0.4 is 10.6 Å². The lowest BCUT2D eigenvalue weighted by molar-refractivity contribution is 0.235. The normalized spacial score (nSPS) is 18.7. The number of aryl methyl sites for hydroxylation is 2. The number of carbonyl (C=O) groups is 1. The van der Waals surface area contributed by atoms with Gasteiger partial charge in [-0.3, -0.25) is 10.00 Å². The van der Waals surface area contributed by atoms with Gasteiger partial charge >= 0.3 is 6.03 Å². The summed E-state index contributed by atoms with van der Waals surface area (Å²) in [6.07, 6.45) is 6.27. The zero-order valence-corrected chi connectivity index (χ0v) is 17.0. The third-order valence-electron chi connectivity index (χ3n) is 4.91. The minimum Gasteiger partial charge on any atom is -0.338 e. The van der Waals surface area contributed by atoms with Crippen molar-refractivity contribution < 1.29 is 13.2 Å². The molecule has 1 unspecified atom stereocenters. The van der Waals surface area contributed by atoms with E-state index in [1.165, 1.54) is 6.26 Å². The maximum atomic E-state index is 12.3. The minimum atomic E-state index is -3.20. The van der Waals surface area contributed by atoms with Crippen molar-refractivity contribution in [2.45, 2.75) is 58.4 Å². The molecule has 1 aromatic rings. The van der Waals surface area contributed by atoms with Crippen molar-refractivity contribution in [2.75, 3.05) is 24.7 Å². The molecule has 1 atom stereocenters. The molecule has 0 aliphatic carbocycles. The molecule has 1 fully saturated rings. The van der Waals surface area contributed by atoms with E-state index in [-0.39, 0.29) is 12.1 Å². The van der Waals surface area contributed by atoms with Crippen LogP contribution in [0, 0.1) is 0 Å². The molecule has 1 aliphatic heterocycles. The molecule has 9 heteroatoms. The topological polar surface area (TPSA) is 96.3 Å². The highest BCUT2D eigenvalue weighted by Crippen LogP contribution is 2.22. The molecule has 2 heterocycles. The molecule has 2 rings (SSSR count). The van der Waals surface area contributed by atoms with Crippen LogP contribution in [0.1, 0.15) is 50.8 Å². The molecule has 0 saturated carbocycles. The number of rotatable bonds is 7. The minimum absolute atomic E-state index is 0.0337. The highest BCUT2D eigenvalue weighted by atomic mass is 32.2. The van der Waals surface area contributed by atoms with Crippen LogP contribution in [0.2, 0.25) is 0 Å². The third-order valence-corrected chi connectivity index (χ3v) is 6.24. The summed E-state index contributed by atoms with van der Waals surface area (Å²) in [6, 6.07) is -0.319. The Bertz CT molecular complexity index is 729. The van der Waals surface area contributed by atoms with Gasteiger partial charge in [-0.25, -0.2) is 13.2 Å². The van der Waals surface area contributed by atoms with Gasteiger partial charge in [-0.2, -0.15) is 9.40 Å². The molecule has 1 saturated heterocycles. The van der Waals surface area contributed by atoms with Gasteiger partial charge in [-0.1, -0.05) is 20.3 Å². The Morgan fingerprint density at radius 1 is 1.27 bits per heavy atom. The number of aromatic nitrogens is 2. The Kier molecular flexibility index (Phi) is 7.05. The lowest BCUT2D eigenvalue weighted by atomic mass is 10.0. The van der Waals surface area contributed by atoms with Crippen molar-refractivity contribution in [3.05, 3.63) is 11.3 Å². The first-order valence-electron chi connectivity index (χ1n) is 9.34. The van der Waals surface area contributed by atoms with Crippen LogP contribution in [-0.4, -0.2) is 53.9 Å². The van der Waals surface area contributed by atoms with Gasteiger partial charge in [0.05, 0.1) is 11.9 Å². The second-order valence-electron chi connectivity index (χ2n) is 6.80. The van der Waals surface area contributed by atoms with E-state index < -0.39 is 10.0 Å². The zero-order chi connectivity index (χ0) is 19.3. The highest BCUT2D eigenvalue weighted by molar-refractivity contribution is 7.88. The molecule has 2 amide bonds. The van der Waals surface area contributed by atoms with E-state index in [2.05, 4.69) is 15.7 Å². The van der Waals surface area contributed by atoms with Crippen molar-refractivity contribution in [3.63, 3.8) is 0 Å². The summed E-state index contributed by atoms with van der Waals surface area (Å²) < 4.78 is 27.0. The van der Waals surface area contributed by atoms with Crippen LogP contribution in [0.25, 0.3) is 0 Å². The van der Waals surface area contributed by atoms with Crippen molar-refractivity contribution in [1.29, 1.82) is 0 Å². The monoisotopic (exact) mass is 385 g/mol. The number of hydrogen-bond donors (Lipinski definition) is 2. The summed E-state index contributed by atoms with van der Waals surface area (Å²) in [5, 5.41) is 10.2. The van der Waals surface area contributed by atoms with E-state index in [0.717, 1.165) is 49.2 Å². The average Bonchev–Trinajstić information content (AvgIpc) is 2.89. The zero-order valence-electron chi connectivity index (χ0n) is 16.2. The summed E-state index contributed by atoms with van der Waals surface area (Å²) in [5.74, 6) is 0.720. The average molecular weight is 386 g/mol. The number of urea groups is 1. The summed E-state index contributed by atoms with van der Waals surface area (Å²) in [7, 11) is -1.38. The first kappa shape index (κ1) is 20.7. The summed E-state index contributed by atoms with van der Waals surface area (Å²) in [5.41, 5.74) is 2.05. The fourth-order valence-corrected chi connectivity index (χ4v) is 4.85. The lowest BCUT2D eigenvalue weighted by Crippen LogP contribution is -2.45. The third kappa shape index (κ3) is 4.97. The smallest absolute Gasteiger partial charge is 0.320 e. The van der Waals surface area contributed by atoms with Crippen LogP contribution in [0.5, 0.6) is 0 Å². The van der Waals surface area contributed by atoms with Crippen molar-refractivity contribution >= 4 is 21.9 Å². The Labute approximate surface area is 156 Å². The molecule has 1 aromatic heterocycles. The van der Waals surface area contributed by atoms with Gasteiger partial charge in [0.2, 0.25) is 10.0 Å². The Balaban J connectivity index is 1.90. The molecule has 26 heavy (non-hydrogen) atoms. The maximum absolute atomic E-state index is 12.3. The van der Waals surface area contributed by atoms with Crippen molar-refractivity contribution in [1.82, 2.24) is 19.4 Å². The fraction of sp³-hybridized carbons (Fsp3) is 0.765. The van der Waals surface area contributed by atoms with Gasteiger partial charge in [-0.05, 0) is 32.1 Å². The number of nitrogens with one attached hydrogen (secondary N) is 2. The van der Waals surface area contributed by atoms with Crippen LogP contribution in [0.15, 0.2) is 0 Å². The Morgan fingerprint density at radius 2 is 2.00 bits per heavy atom. The first-order chi connectivity index (χ1) is 12.3. The number of carbonyl (C=O) groups excluding carboxylic acids is 1. The van der Waals surface area contributed by atoms with E-state index in [1.807, 2.05) is 20.9 Å². The lowest BCUT2D eigenvalue weighted by Gasteiger charge is -2.33. The van der Waals surface area contributed by atoms with Gasteiger partial charge in [0.25, 0.3) is 0 Å². The van der Waals surface area contributed by atoms with Gasteiger partial charge in [0, 0.05) is 31.7 Å². The van der Waals surface area contributed by atoms with E-state index in [0.29, 0.717) is 19.5 Å². The first-order valence-corrected chi connectivity index (χ1v) is 11.2. The molecule has 148 valence electrons. The number of anilines is 1. The van der Waals surface area contributed by atoms with Crippen LogP contribution in [-0.2, 0) is 29.9 Å². The number of amides is 2. The fourth-order valence-electron chi connectivity index (χ4n) is 3.64. The molecule has 1 aliphatic rings. The largest absolute Gasteiger partial charge is 0.338 e. The standard InChI is InChI=1S/C17H31N5O3S/c1-5-14-15(6-2)20-21(3)16(14)19-17(23)18-11-10-13-9-7-8-12-22(13)26(4,24)25/h13H,5-12H2,1-4H3,(H2,18,19,23). The van der Waals surface area contributed by atoms with Crippen molar-refractivity contribution in [2.24, 2.45) is 7.05 Å². The van der Waals surface area contributed by atoms with Gasteiger partial charge in [0.15, 0.2) is 0 Å². The number of sulfonamides is 1. The molecule has 0 aromatic carbocycles. The number of nitrogens with zero attached hydrogens (tertiary/aromatic N) is 3. The second kappa shape index (κ2) is 8.85. The van der Waals surface area contributed by atoms with Crippen LogP contribution in [0.4, 0.5) is 10.6 Å². The maximum Gasteiger partial charge on any atom is 0.320 e. The van der Waals surface area contributed by atoms with Crippen LogP contribution >= 0.6 is 0 Å². The summed E-state index contributed by atoms with van der Waals surface area (Å²) in [4.78, 5) is 12.3. The van der Waals surface area contributed by atoms with Gasteiger partial charge < -0.3 is 5.32 Å². The van der Waals surface area contributed by atoms with E-state index in [4.69, 9.17) is 0 Å². The molecule has 2 N–H and O–H groups in total. The predicted octanol–water partition coefficient (Wildman–Crippen LogP) is 1.87.